The molecule has 0 bridgehead atoms. The second-order valence-corrected chi connectivity index (χ2v) is 5.60. The van der Waals surface area contributed by atoms with Crippen LogP contribution in [0.3, 0.4) is 0 Å². The number of nitrogens with one attached hydrogen (secondary N) is 2. The van der Waals surface area contributed by atoms with Crippen LogP contribution in [0, 0.1) is 19.8 Å². The van der Waals surface area contributed by atoms with Crippen LogP contribution in [0.2, 0.25) is 0 Å². The van der Waals surface area contributed by atoms with Crippen molar-refractivity contribution in [3.63, 3.8) is 0 Å². The summed E-state index contributed by atoms with van der Waals surface area (Å²) in [6.07, 6.45) is 2.29. The number of carbonyl (C=O) groups is 1. The first-order valence-electron chi connectivity index (χ1n) is 7.17. The van der Waals surface area contributed by atoms with Crippen LogP contribution in [0.25, 0.3) is 0 Å². The molecule has 1 heterocycles. The molecule has 2 N–H and O–H groups in total. The van der Waals surface area contributed by atoms with Gasteiger partial charge in [0, 0.05) is 11.6 Å². The minimum absolute atomic E-state index is 0.0623. The van der Waals surface area contributed by atoms with Crippen molar-refractivity contribution in [1.82, 2.24) is 10.6 Å². The average Bonchev–Trinajstić information content (AvgIpc) is 2.42. The Balaban J connectivity index is 2.02. The smallest absolute Gasteiger partial charge is 0.251 e. The lowest BCUT2D eigenvalue weighted by Gasteiger charge is -2.29. The standard InChI is InChI=1S/C16H24N2O/c1-11-5-4-6-15(12(11)2)16(19)18-13(3)14-7-9-17-10-8-14/h4-6,13-14,17H,7-10H2,1-3H3,(H,18,19). The highest BCUT2D eigenvalue weighted by Gasteiger charge is 2.22. The fourth-order valence-electron chi connectivity index (χ4n) is 2.74. The molecule has 0 aromatic heterocycles. The molecule has 19 heavy (non-hydrogen) atoms. The highest BCUT2D eigenvalue weighted by Crippen LogP contribution is 2.18. The molecule has 104 valence electrons. The third-order valence-corrected chi connectivity index (χ3v) is 4.30. The summed E-state index contributed by atoms with van der Waals surface area (Å²) in [6, 6.07) is 6.15. The van der Waals surface area contributed by atoms with Gasteiger partial charge in [0.25, 0.3) is 5.91 Å². The lowest BCUT2D eigenvalue weighted by molar-refractivity contribution is 0.0920. The predicted molar refractivity (Wildman–Crippen MR) is 78.4 cm³/mol. The second kappa shape index (κ2) is 6.20. The third-order valence-electron chi connectivity index (χ3n) is 4.30. The lowest BCUT2D eigenvalue weighted by Crippen LogP contribution is -2.42. The van der Waals surface area contributed by atoms with E-state index in [1.807, 2.05) is 32.0 Å². The molecule has 2 rings (SSSR count). The monoisotopic (exact) mass is 260 g/mol. The van der Waals surface area contributed by atoms with E-state index in [2.05, 4.69) is 17.6 Å². The van der Waals surface area contributed by atoms with Crippen molar-refractivity contribution >= 4 is 5.91 Å². The zero-order valence-electron chi connectivity index (χ0n) is 12.1. The van der Waals surface area contributed by atoms with Gasteiger partial charge >= 0.3 is 0 Å². The first-order chi connectivity index (χ1) is 9.09. The van der Waals surface area contributed by atoms with Crippen LogP contribution in [0.5, 0.6) is 0 Å². The summed E-state index contributed by atoms with van der Waals surface area (Å²) in [4.78, 5) is 12.3. The summed E-state index contributed by atoms with van der Waals surface area (Å²) in [5.41, 5.74) is 3.06. The van der Waals surface area contributed by atoms with Crippen LogP contribution in [0.4, 0.5) is 0 Å². The lowest BCUT2D eigenvalue weighted by atomic mass is 9.91. The Morgan fingerprint density at radius 1 is 1.32 bits per heavy atom. The molecule has 0 spiro atoms. The fourth-order valence-corrected chi connectivity index (χ4v) is 2.74. The minimum atomic E-state index is 0.0623. The van der Waals surface area contributed by atoms with Crippen LogP contribution in [0.15, 0.2) is 18.2 Å². The van der Waals surface area contributed by atoms with E-state index in [0.29, 0.717) is 5.92 Å². The maximum absolute atomic E-state index is 12.3. The van der Waals surface area contributed by atoms with Gasteiger partial charge in [-0.3, -0.25) is 4.79 Å². The van der Waals surface area contributed by atoms with Crippen LogP contribution in [-0.4, -0.2) is 25.0 Å². The summed E-state index contributed by atoms with van der Waals surface area (Å²) < 4.78 is 0. The topological polar surface area (TPSA) is 41.1 Å². The quantitative estimate of drug-likeness (QED) is 0.876. The number of benzene rings is 1. The van der Waals surface area contributed by atoms with Crippen molar-refractivity contribution in [3.8, 4) is 0 Å². The molecule has 1 amide bonds. The first kappa shape index (κ1) is 14.1. The zero-order chi connectivity index (χ0) is 13.8. The molecule has 1 aromatic rings. The highest BCUT2D eigenvalue weighted by atomic mass is 16.1. The minimum Gasteiger partial charge on any atom is -0.349 e. The maximum atomic E-state index is 12.3. The molecule has 1 aromatic carbocycles. The number of aryl methyl sites for hydroxylation is 1. The molecule has 1 unspecified atom stereocenters. The Morgan fingerprint density at radius 3 is 2.68 bits per heavy atom. The molecule has 3 heteroatoms. The van der Waals surface area contributed by atoms with E-state index >= 15 is 0 Å². The summed E-state index contributed by atoms with van der Waals surface area (Å²) in [6.45, 7) is 8.31. The van der Waals surface area contributed by atoms with E-state index in [-0.39, 0.29) is 11.9 Å². The van der Waals surface area contributed by atoms with Crippen molar-refractivity contribution in [2.75, 3.05) is 13.1 Å². The summed E-state index contributed by atoms with van der Waals surface area (Å²) in [5, 5.41) is 6.53. The molecule has 0 radical (unpaired) electrons. The number of piperidine rings is 1. The van der Waals surface area contributed by atoms with E-state index in [0.717, 1.165) is 37.1 Å². The van der Waals surface area contributed by atoms with Crippen LogP contribution in [0.1, 0.15) is 41.3 Å². The Hall–Kier alpha value is -1.35. The average molecular weight is 260 g/mol. The molecule has 1 fully saturated rings. The van der Waals surface area contributed by atoms with Gasteiger partial charge in [0.15, 0.2) is 0 Å². The maximum Gasteiger partial charge on any atom is 0.251 e. The first-order valence-corrected chi connectivity index (χ1v) is 7.17. The molecule has 0 saturated carbocycles. The van der Waals surface area contributed by atoms with E-state index < -0.39 is 0 Å². The van der Waals surface area contributed by atoms with Gasteiger partial charge in [-0.05, 0) is 69.8 Å². The largest absolute Gasteiger partial charge is 0.349 e. The number of hydrogen-bond acceptors (Lipinski definition) is 2. The number of hydrogen-bond donors (Lipinski definition) is 2. The summed E-state index contributed by atoms with van der Waals surface area (Å²) in [7, 11) is 0. The Bertz CT molecular complexity index is 450. The van der Waals surface area contributed by atoms with E-state index in [9.17, 15) is 4.79 Å². The Kier molecular flexibility index (Phi) is 4.59. The second-order valence-electron chi connectivity index (χ2n) is 5.60. The molecule has 1 aliphatic heterocycles. The van der Waals surface area contributed by atoms with Gasteiger partial charge in [0.05, 0.1) is 0 Å². The van der Waals surface area contributed by atoms with Crippen LogP contribution < -0.4 is 10.6 Å². The van der Waals surface area contributed by atoms with Crippen molar-refractivity contribution in [2.45, 2.75) is 39.7 Å². The molecule has 3 nitrogen and oxygen atoms in total. The van der Waals surface area contributed by atoms with Crippen LogP contribution in [-0.2, 0) is 0 Å². The highest BCUT2D eigenvalue weighted by molar-refractivity contribution is 5.96. The number of amides is 1. The van der Waals surface area contributed by atoms with Gasteiger partial charge in [-0.15, -0.1) is 0 Å². The molecule has 1 saturated heterocycles. The molecule has 1 atom stereocenters. The van der Waals surface area contributed by atoms with Crippen LogP contribution >= 0.6 is 0 Å². The predicted octanol–water partition coefficient (Wildman–Crippen LogP) is 2.42. The van der Waals surface area contributed by atoms with Crippen molar-refractivity contribution in [1.29, 1.82) is 0 Å². The Labute approximate surface area is 115 Å². The molecular weight excluding hydrogens is 236 g/mol. The number of carbonyl (C=O) groups excluding carboxylic acids is 1. The van der Waals surface area contributed by atoms with Crippen molar-refractivity contribution in [3.05, 3.63) is 34.9 Å². The zero-order valence-corrected chi connectivity index (χ0v) is 12.1. The SMILES string of the molecule is Cc1cccc(C(=O)NC(C)C2CCNCC2)c1C. The van der Waals surface area contributed by atoms with E-state index in [1.54, 1.807) is 0 Å². The van der Waals surface area contributed by atoms with Gasteiger partial charge in [-0.25, -0.2) is 0 Å². The van der Waals surface area contributed by atoms with Crippen molar-refractivity contribution in [2.24, 2.45) is 5.92 Å². The van der Waals surface area contributed by atoms with E-state index in [4.69, 9.17) is 0 Å². The fraction of sp³-hybridized carbons (Fsp3) is 0.562. The molecule has 1 aliphatic rings. The third kappa shape index (κ3) is 3.35. The Morgan fingerprint density at radius 2 is 2.00 bits per heavy atom. The van der Waals surface area contributed by atoms with Gasteiger partial charge in [-0.2, -0.15) is 0 Å². The number of rotatable bonds is 3. The van der Waals surface area contributed by atoms with Gasteiger partial charge in [-0.1, -0.05) is 12.1 Å². The van der Waals surface area contributed by atoms with E-state index in [1.165, 1.54) is 5.56 Å². The molecule has 0 aliphatic carbocycles. The van der Waals surface area contributed by atoms with Crippen molar-refractivity contribution < 1.29 is 4.79 Å². The normalized spacial score (nSPS) is 18.1. The molecular formula is C16H24N2O. The van der Waals surface area contributed by atoms with Gasteiger partial charge < -0.3 is 10.6 Å². The summed E-state index contributed by atoms with van der Waals surface area (Å²) in [5.74, 6) is 0.655. The summed E-state index contributed by atoms with van der Waals surface area (Å²) >= 11 is 0. The van der Waals surface area contributed by atoms with Gasteiger partial charge in [0.2, 0.25) is 0 Å². The van der Waals surface area contributed by atoms with Gasteiger partial charge in [0.1, 0.15) is 0 Å².